The molecule has 1 aromatic rings. The molecule has 4 rings (SSSR count). The number of phenols is 1. The van der Waals surface area contributed by atoms with Crippen molar-refractivity contribution in [3.8, 4) is 5.75 Å². The van der Waals surface area contributed by atoms with E-state index >= 15 is 4.39 Å². The van der Waals surface area contributed by atoms with Gasteiger partial charge in [-0.05, 0) is 60.3 Å². The number of hydrogen-bond donors (Lipinski definition) is 2. The van der Waals surface area contributed by atoms with Crippen LogP contribution in [0.3, 0.4) is 0 Å². The van der Waals surface area contributed by atoms with Gasteiger partial charge in [-0.15, -0.1) is 6.58 Å². The quantitative estimate of drug-likeness (QED) is 0.794. The highest BCUT2D eigenvalue weighted by molar-refractivity contribution is 5.47. The Morgan fingerprint density at radius 2 is 2.17 bits per heavy atom. The number of aromatic hydroxyl groups is 1. The van der Waals surface area contributed by atoms with E-state index in [0.717, 1.165) is 36.8 Å². The molecule has 3 heteroatoms. The molecule has 2 fully saturated rings. The van der Waals surface area contributed by atoms with E-state index < -0.39 is 6.17 Å². The van der Waals surface area contributed by atoms with Crippen LogP contribution in [0, 0.1) is 17.3 Å². The summed E-state index contributed by atoms with van der Waals surface area (Å²) >= 11 is 0. The van der Waals surface area contributed by atoms with Gasteiger partial charge in [0.1, 0.15) is 11.9 Å². The van der Waals surface area contributed by atoms with Crippen LogP contribution < -0.4 is 0 Å². The van der Waals surface area contributed by atoms with Gasteiger partial charge in [-0.25, -0.2) is 4.39 Å². The molecular formula is C21H27FO2. The van der Waals surface area contributed by atoms with Crippen molar-refractivity contribution in [2.45, 2.75) is 63.1 Å². The first kappa shape index (κ1) is 16.1. The van der Waals surface area contributed by atoms with Crippen LogP contribution in [0.5, 0.6) is 5.75 Å². The second kappa shape index (κ2) is 5.32. The number of benzene rings is 1. The molecule has 0 amide bonds. The summed E-state index contributed by atoms with van der Waals surface area (Å²) in [5.41, 5.74) is 1.77. The molecule has 0 aromatic heterocycles. The van der Waals surface area contributed by atoms with E-state index in [1.807, 2.05) is 12.1 Å². The lowest BCUT2D eigenvalue weighted by molar-refractivity contribution is -0.0288. The largest absolute Gasteiger partial charge is 0.508 e. The van der Waals surface area contributed by atoms with Crippen molar-refractivity contribution < 1.29 is 14.6 Å². The van der Waals surface area contributed by atoms with Crippen molar-refractivity contribution in [3.05, 3.63) is 42.0 Å². The van der Waals surface area contributed by atoms with Gasteiger partial charge in [-0.2, -0.15) is 0 Å². The van der Waals surface area contributed by atoms with Gasteiger partial charge >= 0.3 is 0 Å². The zero-order valence-electron chi connectivity index (χ0n) is 14.3. The Kier molecular flexibility index (Phi) is 3.58. The number of halogens is 1. The van der Waals surface area contributed by atoms with E-state index in [2.05, 4.69) is 13.5 Å². The van der Waals surface area contributed by atoms with E-state index in [-0.39, 0.29) is 34.5 Å². The molecule has 1 aromatic carbocycles. The zero-order chi connectivity index (χ0) is 17.1. The molecule has 0 spiro atoms. The van der Waals surface area contributed by atoms with E-state index in [9.17, 15) is 10.2 Å². The number of phenolic OH excluding ortho intramolecular Hbond substituents is 1. The number of allylic oxidation sites excluding steroid dienone is 1. The molecule has 0 unspecified atom stereocenters. The van der Waals surface area contributed by atoms with Crippen LogP contribution in [0.25, 0.3) is 0 Å². The molecule has 0 saturated heterocycles. The van der Waals surface area contributed by atoms with Crippen LogP contribution in [-0.2, 0) is 11.8 Å². The molecular weight excluding hydrogens is 303 g/mol. The van der Waals surface area contributed by atoms with Crippen molar-refractivity contribution in [2.24, 2.45) is 17.3 Å². The van der Waals surface area contributed by atoms with Crippen molar-refractivity contribution in [2.75, 3.05) is 0 Å². The molecule has 130 valence electrons. The lowest BCUT2D eigenvalue weighted by Crippen LogP contribution is -2.54. The average Bonchev–Trinajstić information content (AvgIpc) is 2.90. The lowest BCUT2D eigenvalue weighted by atomic mass is 9.47. The minimum absolute atomic E-state index is 0.0787. The number of fused-ring (bicyclic) bond motifs is 5. The summed E-state index contributed by atoms with van der Waals surface area (Å²) < 4.78 is 15.4. The Bertz CT molecular complexity index is 672. The predicted molar refractivity (Wildman–Crippen MR) is 92.8 cm³/mol. The van der Waals surface area contributed by atoms with Crippen LogP contribution in [0.4, 0.5) is 4.39 Å². The van der Waals surface area contributed by atoms with Crippen molar-refractivity contribution in [1.29, 1.82) is 0 Å². The molecule has 2 nitrogen and oxygen atoms in total. The number of aliphatic hydroxyl groups is 1. The summed E-state index contributed by atoms with van der Waals surface area (Å²) in [6, 6.07) is 5.40. The molecule has 2 N–H and O–H groups in total. The number of hydrogen-bond acceptors (Lipinski definition) is 2. The third kappa shape index (κ3) is 1.97. The predicted octanol–water partition coefficient (Wildman–Crippen LogP) is 4.29. The Labute approximate surface area is 143 Å². The van der Waals surface area contributed by atoms with Gasteiger partial charge in [-0.1, -0.05) is 25.5 Å². The smallest absolute Gasteiger partial charge is 0.115 e. The van der Waals surface area contributed by atoms with Crippen LogP contribution in [-0.4, -0.2) is 22.5 Å². The lowest BCUT2D eigenvalue weighted by Gasteiger charge is -2.57. The second-order valence-electron chi connectivity index (χ2n) is 8.25. The van der Waals surface area contributed by atoms with Gasteiger partial charge in [0.25, 0.3) is 0 Å². The maximum absolute atomic E-state index is 15.4. The van der Waals surface area contributed by atoms with Crippen molar-refractivity contribution >= 4 is 0 Å². The highest BCUT2D eigenvalue weighted by Gasteiger charge is 2.61. The van der Waals surface area contributed by atoms with Crippen LogP contribution in [0.2, 0.25) is 0 Å². The van der Waals surface area contributed by atoms with Crippen LogP contribution in [0.15, 0.2) is 30.9 Å². The molecule has 3 aliphatic carbocycles. The van der Waals surface area contributed by atoms with Gasteiger partial charge in [0.15, 0.2) is 0 Å². The molecule has 24 heavy (non-hydrogen) atoms. The minimum atomic E-state index is -0.946. The maximum Gasteiger partial charge on any atom is 0.115 e. The monoisotopic (exact) mass is 330 g/mol. The number of aliphatic hydroxyl groups excluding tert-OH is 1. The fraction of sp³-hybridized carbons (Fsp3) is 0.619. The normalized spacial score (nSPS) is 43.6. The highest BCUT2D eigenvalue weighted by Crippen LogP contribution is 2.65. The van der Waals surface area contributed by atoms with Gasteiger partial charge in [0.05, 0.1) is 6.10 Å². The summed E-state index contributed by atoms with van der Waals surface area (Å²) in [5, 5.41) is 20.1. The highest BCUT2D eigenvalue weighted by atomic mass is 19.1. The van der Waals surface area contributed by atoms with Gasteiger partial charge in [-0.3, -0.25) is 0 Å². The van der Waals surface area contributed by atoms with Gasteiger partial charge in [0.2, 0.25) is 0 Å². The Hall–Kier alpha value is -1.35. The number of rotatable bonds is 2. The van der Waals surface area contributed by atoms with E-state index in [1.54, 1.807) is 12.1 Å². The van der Waals surface area contributed by atoms with Gasteiger partial charge < -0.3 is 10.2 Å². The summed E-state index contributed by atoms with van der Waals surface area (Å²) in [6.07, 6.45) is 5.50. The topological polar surface area (TPSA) is 40.5 Å². The van der Waals surface area contributed by atoms with Crippen LogP contribution >= 0.6 is 0 Å². The minimum Gasteiger partial charge on any atom is -0.508 e. The number of alkyl halides is 1. The molecule has 0 heterocycles. The molecule has 6 atom stereocenters. The Morgan fingerprint density at radius 1 is 1.38 bits per heavy atom. The average molecular weight is 330 g/mol. The third-order valence-corrected chi connectivity index (χ3v) is 7.48. The fourth-order valence-electron chi connectivity index (χ4n) is 6.40. The van der Waals surface area contributed by atoms with E-state index in [0.29, 0.717) is 12.8 Å². The van der Waals surface area contributed by atoms with Crippen molar-refractivity contribution in [3.63, 3.8) is 0 Å². The first-order valence-electron chi connectivity index (χ1n) is 9.24. The third-order valence-electron chi connectivity index (χ3n) is 7.48. The molecule has 3 aliphatic rings. The second-order valence-corrected chi connectivity index (χ2v) is 8.25. The molecule has 0 radical (unpaired) electrons. The summed E-state index contributed by atoms with van der Waals surface area (Å²) in [4.78, 5) is 0. The fourth-order valence-corrected chi connectivity index (χ4v) is 6.40. The van der Waals surface area contributed by atoms with Gasteiger partial charge in [0, 0.05) is 17.8 Å². The Morgan fingerprint density at radius 3 is 2.88 bits per heavy atom. The summed E-state index contributed by atoms with van der Waals surface area (Å²) in [5.74, 6) is 0.299. The van der Waals surface area contributed by atoms with E-state index in [1.165, 1.54) is 0 Å². The molecule has 0 aliphatic heterocycles. The van der Waals surface area contributed by atoms with E-state index in [4.69, 9.17) is 0 Å². The molecule has 0 bridgehead atoms. The first-order chi connectivity index (χ1) is 11.5. The maximum atomic E-state index is 15.4. The first-order valence-corrected chi connectivity index (χ1v) is 9.24. The molecule has 2 saturated carbocycles. The van der Waals surface area contributed by atoms with Crippen LogP contribution in [0.1, 0.15) is 50.2 Å². The SMILES string of the molecule is C=C[C@]12CC[C@]3(CC)C[C@H](O)C[C@H]3[C@@H]1[C@H](F)Cc1cc(O)ccc12. The summed E-state index contributed by atoms with van der Waals surface area (Å²) in [7, 11) is 0. The summed E-state index contributed by atoms with van der Waals surface area (Å²) in [6.45, 7) is 6.29. The Balaban J connectivity index is 1.87. The van der Waals surface area contributed by atoms with Crippen molar-refractivity contribution in [1.82, 2.24) is 0 Å². The zero-order valence-corrected chi connectivity index (χ0v) is 14.3. The standard InChI is InChI=1S/C21H27FO2/c1-3-20-7-8-21(4-2)16-6-5-14(23)9-13(16)10-18(22)19(21)17(20)11-15(24)12-20/h4-6,9,15,17-19,23-24H,2-3,7-8,10-12H2,1H3/t15-,17+,18-,19-,20-,21-/m1/s1.